The predicted molar refractivity (Wildman–Crippen MR) is 112 cm³/mol. The van der Waals surface area contributed by atoms with E-state index in [1.807, 2.05) is 30.3 Å². The second-order valence-electron chi connectivity index (χ2n) is 6.30. The number of halogens is 1. The van der Waals surface area contributed by atoms with Crippen LogP contribution in [0.3, 0.4) is 0 Å². The number of ether oxygens (including phenoxy) is 1. The van der Waals surface area contributed by atoms with Gasteiger partial charge in [-0.05, 0) is 37.3 Å². The summed E-state index contributed by atoms with van der Waals surface area (Å²) >= 11 is 4.96. The zero-order chi connectivity index (χ0) is 20.6. The highest BCUT2D eigenvalue weighted by atomic mass is 32.2. The number of benzene rings is 2. The maximum atomic E-state index is 14.6. The van der Waals surface area contributed by atoms with Crippen LogP contribution < -0.4 is 15.8 Å². The van der Waals surface area contributed by atoms with Crippen molar-refractivity contribution in [2.45, 2.75) is 18.6 Å². The van der Waals surface area contributed by atoms with Crippen molar-refractivity contribution in [3.8, 4) is 0 Å². The molecule has 6 nitrogen and oxygen atoms in total. The Morgan fingerprint density at radius 1 is 1.18 bits per heavy atom. The molecule has 2 aromatic carbocycles. The molecular weight excluding hydrogens is 401 g/mol. The molecule has 9 heteroatoms. The van der Waals surface area contributed by atoms with Crippen molar-refractivity contribution in [2.24, 2.45) is 5.73 Å². The first-order valence-electron chi connectivity index (χ1n) is 8.63. The second-order valence-corrected chi connectivity index (χ2v) is 8.67. The molecule has 1 unspecified atom stereocenters. The minimum atomic E-state index is -3.73. The van der Waals surface area contributed by atoms with Gasteiger partial charge in [-0.25, -0.2) is 17.5 Å². The fourth-order valence-electron chi connectivity index (χ4n) is 2.94. The Hall–Kier alpha value is -2.07. The van der Waals surface area contributed by atoms with Gasteiger partial charge in [0.2, 0.25) is 10.0 Å². The lowest BCUT2D eigenvalue weighted by Crippen LogP contribution is -2.54. The maximum Gasteiger partial charge on any atom is 0.214 e. The van der Waals surface area contributed by atoms with Gasteiger partial charge in [0.1, 0.15) is 5.82 Å². The van der Waals surface area contributed by atoms with Gasteiger partial charge in [0.25, 0.3) is 0 Å². The molecule has 1 atom stereocenters. The van der Waals surface area contributed by atoms with E-state index in [0.717, 1.165) is 5.56 Å². The molecule has 4 N–H and O–H groups in total. The zero-order valence-electron chi connectivity index (χ0n) is 15.5. The number of sulfonamides is 1. The van der Waals surface area contributed by atoms with Crippen LogP contribution in [0.5, 0.6) is 0 Å². The standard InChI is InChI=1S/C19H24FN3O3S2/c1-22-28(24,25)14-19(23-18(21)27,16-9-5-6-10-17(16)20)11-12-26-13-15-7-3-2-4-8-15/h2-10,22H,11-14H2,1H3,(H3,21,23,27). The Morgan fingerprint density at radius 3 is 2.43 bits per heavy atom. The highest BCUT2D eigenvalue weighted by molar-refractivity contribution is 7.89. The third-order valence-electron chi connectivity index (χ3n) is 4.28. The second kappa shape index (κ2) is 9.92. The topological polar surface area (TPSA) is 93.5 Å². The summed E-state index contributed by atoms with van der Waals surface area (Å²) in [4.78, 5) is 0. The summed E-state index contributed by atoms with van der Waals surface area (Å²) in [6.07, 6.45) is 0.138. The predicted octanol–water partition coefficient (Wildman–Crippen LogP) is 2.01. The molecule has 0 aliphatic rings. The van der Waals surface area contributed by atoms with Crippen LogP contribution in [0.15, 0.2) is 54.6 Å². The van der Waals surface area contributed by atoms with Gasteiger partial charge in [-0.3, -0.25) is 0 Å². The quantitative estimate of drug-likeness (QED) is 0.398. The molecule has 0 spiro atoms. The van der Waals surface area contributed by atoms with Gasteiger partial charge in [0.15, 0.2) is 5.11 Å². The van der Waals surface area contributed by atoms with E-state index in [2.05, 4.69) is 10.0 Å². The van der Waals surface area contributed by atoms with Crippen molar-refractivity contribution in [2.75, 3.05) is 19.4 Å². The molecule has 152 valence electrons. The van der Waals surface area contributed by atoms with E-state index in [4.69, 9.17) is 22.7 Å². The molecule has 0 fully saturated rings. The van der Waals surface area contributed by atoms with E-state index in [9.17, 15) is 12.8 Å². The van der Waals surface area contributed by atoms with Gasteiger partial charge in [-0.15, -0.1) is 0 Å². The first kappa shape index (κ1) is 22.2. The summed E-state index contributed by atoms with van der Waals surface area (Å²) in [7, 11) is -2.43. The zero-order valence-corrected chi connectivity index (χ0v) is 17.2. The summed E-state index contributed by atoms with van der Waals surface area (Å²) < 4.78 is 47.2. The molecule has 2 rings (SSSR count). The fraction of sp³-hybridized carbons (Fsp3) is 0.316. The number of hydrogen-bond acceptors (Lipinski definition) is 4. The largest absolute Gasteiger partial charge is 0.377 e. The molecular formula is C19H24FN3O3S2. The number of rotatable bonds is 10. The van der Waals surface area contributed by atoms with Crippen LogP contribution in [0.4, 0.5) is 4.39 Å². The lowest BCUT2D eigenvalue weighted by molar-refractivity contribution is 0.101. The number of thiocarbonyl (C=S) groups is 1. The smallest absolute Gasteiger partial charge is 0.214 e. The Kier molecular flexibility index (Phi) is 7.88. The first-order chi connectivity index (χ1) is 13.3. The normalized spacial score (nSPS) is 13.6. The average molecular weight is 426 g/mol. The number of hydrogen-bond donors (Lipinski definition) is 3. The van der Waals surface area contributed by atoms with Crippen LogP contribution in [0, 0.1) is 5.82 Å². The lowest BCUT2D eigenvalue weighted by atomic mass is 9.88. The van der Waals surface area contributed by atoms with E-state index < -0.39 is 27.1 Å². The van der Waals surface area contributed by atoms with E-state index in [-0.39, 0.29) is 23.7 Å². The molecule has 0 aliphatic carbocycles. The molecule has 0 amide bonds. The third kappa shape index (κ3) is 6.23. The van der Waals surface area contributed by atoms with Crippen LogP contribution in [0.1, 0.15) is 17.5 Å². The molecule has 0 saturated carbocycles. The van der Waals surface area contributed by atoms with Crippen LogP contribution in [-0.2, 0) is 26.9 Å². The van der Waals surface area contributed by atoms with Gasteiger partial charge in [-0.1, -0.05) is 48.5 Å². The van der Waals surface area contributed by atoms with E-state index in [1.54, 1.807) is 6.07 Å². The summed E-state index contributed by atoms with van der Waals surface area (Å²) in [5.41, 5.74) is 5.42. The van der Waals surface area contributed by atoms with Gasteiger partial charge in [0.05, 0.1) is 17.9 Å². The summed E-state index contributed by atoms with van der Waals surface area (Å²) in [5.74, 6) is -1.01. The third-order valence-corrected chi connectivity index (χ3v) is 5.88. The maximum absolute atomic E-state index is 14.6. The average Bonchev–Trinajstić information content (AvgIpc) is 2.65. The van der Waals surface area contributed by atoms with Gasteiger partial charge < -0.3 is 15.8 Å². The molecule has 0 aromatic heterocycles. The molecule has 28 heavy (non-hydrogen) atoms. The molecule has 0 heterocycles. The summed E-state index contributed by atoms with van der Waals surface area (Å²) in [5, 5.41) is 2.68. The van der Waals surface area contributed by atoms with Crippen molar-refractivity contribution in [1.29, 1.82) is 0 Å². The monoisotopic (exact) mass is 425 g/mol. The van der Waals surface area contributed by atoms with Crippen LogP contribution in [0.25, 0.3) is 0 Å². The Labute approximate surface area is 170 Å². The van der Waals surface area contributed by atoms with E-state index >= 15 is 0 Å². The number of nitrogens with two attached hydrogens (primary N) is 1. The van der Waals surface area contributed by atoms with Crippen LogP contribution in [0.2, 0.25) is 0 Å². The summed E-state index contributed by atoms with van der Waals surface area (Å²) in [6.45, 7) is 0.512. The van der Waals surface area contributed by atoms with Crippen molar-refractivity contribution >= 4 is 27.4 Å². The van der Waals surface area contributed by atoms with Gasteiger partial charge >= 0.3 is 0 Å². The van der Waals surface area contributed by atoms with Crippen molar-refractivity contribution in [3.63, 3.8) is 0 Å². The van der Waals surface area contributed by atoms with Crippen molar-refractivity contribution in [1.82, 2.24) is 10.0 Å². The van der Waals surface area contributed by atoms with Crippen LogP contribution in [-0.4, -0.2) is 32.9 Å². The van der Waals surface area contributed by atoms with Gasteiger partial charge in [-0.2, -0.15) is 0 Å². The SMILES string of the molecule is CNS(=O)(=O)CC(CCOCc1ccccc1)(NC(N)=S)c1ccccc1F. The minimum absolute atomic E-state index is 0.127. The van der Waals surface area contributed by atoms with Crippen molar-refractivity contribution < 1.29 is 17.5 Å². The van der Waals surface area contributed by atoms with Gasteiger partial charge in [0, 0.05) is 12.2 Å². The highest BCUT2D eigenvalue weighted by Gasteiger charge is 2.39. The molecule has 0 bridgehead atoms. The minimum Gasteiger partial charge on any atom is -0.377 e. The van der Waals surface area contributed by atoms with E-state index in [1.165, 1.54) is 25.2 Å². The molecule has 0 aliphatic heterocycles. The Morgan fingerprint density at radius 2 is 1.82 bits per heavy atom. The number of nitrogens with one attached hydrogen (secondary N) is 2. The fourth-order valence-corrected chi connectivity index (χ4v) is 4.30. The van der Waals surface area contributed by atoms with E-state index in [0.29, 0.717) is 6.61 Å². The Bertz CT molecular complexity index is 894. The lowest BCUT2D eigenvalue weighted by Gasteiger charge is -2.35. The highest BCUT2D eigenvalue weighted by Crippen LogP contribution is 2.29. The molecule has 0 radical (unpaired) electrons. The first-order valence-corrected chi connectivity index (χ1v) is 10.7. The molecule has 0 saturated heterocycles. The Balaban J connectivity index is 2.29. The summed E-state index contributed by atoms with van der Waals surface area (Å²) in [6, 6.07) is 15.5. The van der Waals surface area contributed by atoms with Crippen molar-refractivity contribution in [3.05, 3.63) is 71.5 Å². The van der Waals surface area contributed by atoms with Crippen LogP contribution >= 0.6 is 12.2 Å². The molecule has 2 aromatic rings.